The van der Waals surface area contributed by atoms with Crippen LogP contribution in [0.1, 0.15) is 37.9 Å². The Labute approximate surface area is 193 Å². The molecule has 0 unspecified atom stereocenters. The number of nitro groups is 1. The van der Waals surface area contributed by atoms with Crippen molar-refractivity contribution in [1.29, 1.82) is 5.26 Å². The van der Waals surface area contributed by atoms with E-state index < -0.39 is 16.7 Å². The fourth-order valence-corrected chi connectivity index (χ4v) is 3.13. The maximum atomic E-state index is 12.9. The Hall–Kier alpha value is -4.86. The molecule has 13 heteroatoms. The largest absolute Gasteiger partial charge is 0.355 e. The van der Waals surface area contributed by atoms with Gasteiger partial charge in [-0.05, 0) is 12.1 Å². The molecule has 0 aliphatic carbocycles. The van der Waals surface area contributed by atoms with E-state index in [1.807, 2.05) is 6.07 Å². The van der Waals surface area contributed by atoms with Crippen molar-refractivity contribution in [3.63, 3.8) is 0 Å². The second-order valence-corrected chi connectivity index (χ2v) is 7.43. The first-order valence-electron chi connectivity index (χ1n) is 10.0. The molecule has 13 nitrogen and oxygen atoms in total. The van der Waals surface area contributed by atoms with Crippen molar-refractivity contribution in [1.82, 2.24) is 19.9 Å². The van der Waals surface area contributed by atoms with Gasteiger partial charge in [-0.15, -0.1) is 0 Å². The smallest absolute Gasteiger partial charge is 0.287 e. The summed E-state index contributed by atoms with van der Waals surface area (Å²) in [4.78, 5) is 60.4. The number of nitrogens with zero attached hydrogens (tertiary/aromatic N) is 5. The molecule has 3 aromatic rings. The Bertz CT molecular complexity index is 1280. The van der Waals surface area contributed by atoms with Crippen LogP contribution in [0, 0.1) is 21.4 Å². The standard InChI is InChI=1S/C21H22N8O5/c1-26(6-4-5-22)19(30)16-7-13(10-23-16)27(2)20(31)17-8-14(11-24-17)28(3)21(32)18-9-15(12-25-18)29(33)34/h7-12,23-25H,4,6H2,1-3H3. The van der Waals surface area contributed by atoms with Gasteiger partial charge in [-0.1, -0.05) is 0 Å². The molecule has 0 aliphatic heterocycles. The van der Waals surface area contributed by atoms with Gasteiger partial charge in [0.15, 0.2) is 0 Å². The fraction of sp³-hybridized carbons (Fsp3) is 0.238. The van der Waals surface area contributed by atoms with E-state index in [1.54, 1.807) is 7.05 Å². The highest BCUT2D eigenvalue weighted by Gasteiger charge is 2.23. The Morgan fingerprint density at radius 3 is 1.82 bits per heavy atom. The number of carbonyl (C=O) groups is 3. The zero-order valence-electron chi connectivity index (χ0n) is 18.7. The third kappa shape index (κ3) is 4.80. The average Bonchev–Trinajstić information content (AvgIpc) is 3.60. The van der Waals surface area contributed by atoms with E-state index in [-0.39, 0.29) is 41.6 Å². The molecule has 0 aliphatic rings. The molecule has 0 aromatic carbocycles. The predicted molar refractivity (Wildman–Crippen MR) is 122 cm³/mol. The zero-order chi connectivity index (χ0) is 25.0. The van der Waals surface area contributed by atoms with E-state index in [4.69, 9.17) is 5.26 Å². The molecule has 34 heavy (non-hydrogen) atoms. The predicted octanol–water partition coefficient (Wildman–Crippen LogP) is 2.12. The van der Waals surface area contributed by atoms with E-state index in [0.29, 0.717) is 11.4 Å². The average molecular weight is 466 g/mol. The molecule has 3 amide bonds. The van der Waals surface area contributed by atoms with Crippen LogP contribution in [0.4, 0.5) is 17.1 Å². The van der Waals surface area contributed by atoms with Gasteiger partial charge in [0.2, 0.25) is 0 Å². The van der Waals surface area contributed by atoms with Crippen molar-refractivity contribution in [2.24, 2.45) is 0 Å². The molecule has 0 atom stereocenters. The molecule has 0 saturated heterocycles. The summed E-state index contributed by atoms with van der Waals surface area (Å²) in [6.07, 6.45) is 4.31. The van der Waals surface area contributed by atoms with Crippen molar-refractivity contribution in [3.05, 3.63) is 64.0 Å². The Morgan fingerprint density at radius 2 is 1.35 bits per heavy atom. The molecular formula is C21H22N8O5. The summed E-state index contributed by atoms with van der Waals surface area (Å²) >= 11 is 0. The van der Waals surface area contributed by atoms with Crippen LogP contribution in [0.3, 0.4) is 0 Å². The Kier molecular flexibility index (Phi) is 6.81. The zero-order valence-corrected chi connectivity index (χ0v) is 18.7. The van der Waals surface area contributed by atoms with Gasteiger partial charge in [-0.25, -0.2) is 0 Å². The first kappa shape index (κ1) is 23.8. The van der Waals surface area contributed by atoms with Gasteiger partial charge in [-0.2, -0.15) is 5.26 Å². The number of carbonyl (C=O) groups excluding carboxylic acids is 3. The Balaban J connectivity index is 1.70. The van der Waals surface area contributed by atoms with Crippen LogP contribution in [-0.4, -0.2) is 70.2 Å². The molecule has 0 radical (unpaired) electrons. The summed E-state index contributed by atoms with van der Waals surface area (Å²) in [6, 6.07) is 6.12. The first-order chi connectivity index (χ1) is 16.1. The number of nitriles is 1. The molecule has 0 spiro atoms. The summed E-state index contributed by atoms with van der Waals surface area (Å²) < 4.78 is 0. The van der Waals surface area contributed by atoms with Crippen LogP contribution < -0.4 is 9.80 Å². The Morgan fingerprint density at radius 1 is 0.882 bits per heavy atom. The molecule has 176 valence electrons. The summed E-state index contributed by atoms with van der Waals surface area (Å²) in [5, 5.41) is 19.5. The van der Waals surface area contributed by atoms with E-state index in [9.17, 15) is 24.5 Å². The van der Waals surface area contributed by atoms with E-state index in [0.717, 1.165) is 12.3 Å². The van der Waals surface area contributed by atoms with Crippen LogP contribution in [-0.2, 0) is 0 Å². The SMILES string of the molecule is CN(CCC#N)C(=O)c1cc(N(C)C(=O)c2cc(N(C)C(=O)c3cc([N+](=O)[O-])c[nH]3)c[nH]2)c[nH]1. The topological polar surface area (TPSA) is 175 Å². The van der Waals surface area contributed by atoms with Gasteiger partial charge in [0, 0.05) is 46.1 Å². The monoisotopic (exact) mass is 466 g/mol. The van der Waals surface area contributed by atoms with Gasteiger partial charge in [0.1, 0.15) is 17.1 Å². The van der Waals surface area contributed by atoms with Crippen molar-refractivity contribution in [2.75, 3.05) is 37.5 Å². The minimum atomic E-state index is -0.611. The van der Waals surface area contributed by atoms with Crippen molar-refractivity contribution >= 4 is 34.8 Å². The number of anilines is 2. The maximum absolute atomic E-state index is 12.9. The highest BCUT2D eigenvalue weighted by Crippen LogP contribution is 2.22. The van der Waals surface area contributed by atoms with Crippen molar-refractivity contribution < 1.29 is 19.3 Å². The van der Waals surface area contributed by atoms with Gasteiger partial charge in [0.25, 0.3) is 23.4 Å². The number of aromatic nitrogens is 3. The highest BCUT2D eigenvalue weighted by atomic mass is 16.6. The normalized spacial score (nSPS) is 10.4. The molecule has 0 saturated carbocycles. The van der Waals surface area contributed by atoms with Gasteiger partial charge in [-0.3, -0.25) is 24.5 Å². The minimum absolute atomic E-state index is 0.0321. The summed E-state index contributed by atoms with van der Waals surface area (Å²) in [7, 11) is 4.59. The number of hydrogen-bond donors (Lipinski definition) is 3. The second kappa shape index (κ2) is 9.74. The molecule has 3 aromatic heterocycles. The lowest BCUT2D eigenvalue weighted by molar-refractivity contribution is -0.384. The summed E-state index contributed by atoms with van der Waals surface area (Å²) in [6.45, 7) is 0.284. The van der Waals surface area contributed by atoms with Crippen molar-refractivity contribution in [3.8, 4) is 6.07 Å². The third-order valence-corrected chi connectivity index (χ3v) is 5.19. The number of aromatic amines is 3. The van der Waals surface area contributed by atoms with Crippen LogP contribution in [0.5, 0.6) is 0 Å². The third-order valence-electron chi connectivity index (χ3n) is 5.19. The quantitative estimate of drug-likeness (QED) is 0.338. The molecule has 0 bridgehead atoms. The lowest BCUT2D eigenvalue weighted by Gasteiger charge is -2.15. The number of H-pyrrole nitrogens is 3. The number of rotatable bonds is 8. The maximum Gasteiger partial charge on any atom is 0.287 e. The van der Waals surface area contributed by atoms with E-state index >= 15 is 0 Å². The first-order valence-corrected chi connectivity index (χ1v) is 10.0. The van der Waals surface area contributed by atoms with E-state index in [1.165, 1.54) is 53.3 Å². The second-order valence-electron chi connectivity index (χ2n) is 7.43. The summed E-state index contributed by atoms with van der Waals surface area (Å²) in [5.41, 5.74) is 1.08. The fourth-order valence-electron chi connectivity index (χ4n) is 3.13. The molecule has 3 rings (SSSR count). The van der Waals surface area contributed by atoms with Gasteiger partial charge in [0.05, 0.1) is 35.0 Å². The van der Waals surface area contributed by atoms with E-state index in [2.05, 4.69) is 15.0 Å². The molecule has 3 heterocycles. The van der Waals surface area contributed by atoms with Crippen LogP contribution in [0.2, 0.25) is 0 Å². The molecule has 0 fully saturated rings. The molecular weight excluding hydrogens is 444 g/mol. The van der Waals surface area contributed by atoms with Crippen LogP contribution in [0.15, 0.2) is 36.8 Å². The lowest BCUT2D eigenvalue weighted by atomic mass is 10.3. The number of nitrogens with one attached hydrogen (secondary N) is 3. The lowest BCUT2D eigenvalue weighted by Crippen LogP contribution is -2.28. The highest BCUT2D eigenvalue weighted by molar-refractivity contribution is 6.08. The number of amides is 3. The van der Waals surface area contributed by atoms with Gasteiger partial charge >= 0.3 is 0 Å². The summed E-state index contributed by atoms with van der Waals surface area (Å²) in [5.74, 6) is -1.25. The van der Waals surface area contributed by atoms with Crippen molar-refractivity contribution in [2.45, 2.75) is 6.42 Å². The van der Waals surface area contributed by atoms with Crippen LogP contribution in [0.25, 0.3) is 0 Å². The minimum Gasteiger partial charge on any atom is -0.355 e. The number of hydrogen-bond acceptors (Lipinski definition) is 6. The van der Waals surface area contributed by atoms with Crippen LogP contribution >= 0.6 is 0 Å². The van der Waals surface area contributed by atoms with Gasteiger partial charge < -0.3 is 29.7 Å². The molecule has 3 N–H and O–H groups in total.